The molecule has 116 valence electrons. The van der Waals surface area contributed by atoms with E-state index in [1.165, 1.54) is 4.88 Å². The quantitative estimate of drug-likeness (QED) is 0.833. The molecule has 0 aliphatic rings. The van der Waals surface area contributed by atoms with Gasteiger partial charge in [0.05, 0.1) is 13.7 Å². The van der Waals surface area contributed by atoms with Crippen molar-refractivity contribution in [3.8, 4) is 5.75 Å². The zero-order chi connectivity index (χ0) is 15.9. The molecule has 1 aromatic heterocycles. The summed E-state index contributed by atoms with van der Waals surface area (Å²) in [4.78, 5) is 25.9. The molecule has 0 saturated carbocycles. The average Bonchev–Trinajstić information content (AvgIpc) is 3.01. The molecule has 0 saturated heterocycles. The fourth-order valence-corrected chi connectivity index (χ4v) is 2.71. The first kappa shape index (κ1) is 16.0. The number of benzene rings is 1. The highest BCUT2D eigenvalue weighted by Crippen LogP contribution is 2.17. The van der Waals surface area contributed by atoms with E-state index in [0.29, 0.717) is 18.0 Å². The van der Waals surface area contributed by atoms with Crippen LogP contribution in [0.25, 0.3) is 0 Å². The van der Waals surface area contributed by atoms with Crippen LogP contribution in [0.3, 0.4) is 0 Å². The van der Waals surface area contributed by atoms with Crippen molar-refractivity contribution in [2.24, 2.45) is 0 Å². The van der Waals surface area contributed by atoms with E-state index < -0.39 is 11.8 Å². The second-order valence-electron chi connectivity index (χ2n) is 4.59. The van der Waals surface area contributed by atoms with E-state index in [1.807, 2.05) is 12.1 Å². The molecule has 0 aliphatic heterocycles. The minimum absolute atomic E-state index is 0.361. The number of hydrogen-bond donors (Lipinski definition) is 2. The van der Waals surface area contributed by atoms with Crippen molar-refractivity contribution >= 4 is 28.8 Å². The molecule has 0 unspecified atom stereocenters. The number of carbonyl (C=O) groups is 2. The summed E-state index contributed by atoms with van der Waals surface area (Å²) in [6, 6.07) is 10.8. The lowest BCUT2D eigenvalue weighted by atomic mass is 10.3. The van der Waals surface area contributed by atoms with Gasteiger partial charge in [-0.05, 0) is 42.8 Å². The van der Waals surface area contributed by atoms with E-state index in [1.54, 1.807) is 42.7 Å². The first-order valence-corrected chi connectivity index (χ1v) is 7.75. The van der Waals surface area contributed by atoms with Gasteiger partial charge < -0.3 is 15.4 Å². The summed E-state index contributed by atoms with van der Waals surface area (Å²) in [6.45, 7) is 2.44. The molecule has 1 heterocycles. The summed E-state index contributed by atoms with van der Waals surface area (Å²) in [5.41, 5.74) is 0.547. The maximum absolute atomic E-state index is 11.8. The molecule has 1 aromatic carbocycles. The molecule has 2 N–H and O–H groups in total. The zero-order valence-electron chi connectivity index (χ0n) is 12.5. The van der Waals surface area contributed by atoms with Crippen LogP contribution in [0.5, 0.6) is 5.75 Å². The first-order valence-electron chi connectivity index (χ1n) is 6.93. The molecule has 2 rings (SSSR count). The summed E-state index contributed by atoms with van der Waals surface area (Å²) in [6.07, 6.45) is 0.969. The number of hydrogen-bond acceptors (Lipinski definition) is 4. The number of aryl methyl sites for hydroxylation is 1. The highest BCUT2D eigenvalue weighted by Gasteiger charge is 2.13. The Morgan fingerprint density at radius 2 is 1.73 bits per heavy atom. The third kappa shape index (κ3) is 4.33. The Labute approximate surface area is 133 Å². The fraction of sp³-hybridized carbons (Fsp3) is 0.250. The van der Waals surface area contributed by atoms with Crippen LogP contribution < -0.4 is 15.4 Å². The summed E-state index contributed by atoms with van der Waals surface area (Å²) in [5, 5.41) is 5.16. The highest BCUT2D eigenvalue weighted by atomic mass is 32.1. The van der Waals surface area contributed by atoms with Crippen molar-refractivity contribution in [1.29, 1.82) is 0 Å². The number of rotatable bonds is 5. The van der Waals surface area contributed by atoms with E-state index in [2.05, 4.69) is 17.6 Å². The van der Waals surface area contributed by atoms with Gasteiger partial charge in [-0.15, -0.1) is 11.3 Å². The van der Waals surface area contributed by atoms with Gasteiger partial charge in [0.15, 0.2) is 0 Å². The molecule has 0 spiro atoms. The smallest absolute Gasteiger partial charge is 0.313 e. The van der Waals surface area contributed by atoms with Gasteiger partial charge in [-0.2, -0.15) is 0 Å². The Hall–Kier alpha value is -2.34. The summed E-state index contributed by atoms with van der Waals surface area (Å²) in [7, 11) is 1.57. The standard InChI is InChI=1S/C16H18N2O3S/c1-3-13-8-9-14(22-13)10-17-15(19)16(20)18-11-4-6-12(21-2)7-5-11/h4-9H,3,10H2,1-2H3,(H,17,19)(H,18,20). The van der Waals surface area contributed by atoms with Crippen molar-refractivity contribution in [2.45, 2.75) is 19.9 Å². The van der Waals surface area contributed by atoms with Gasteiger partial charge >= 0.3 is 11.8 Å². The topological polar surface area (TPSA) is 67.4 Å². The molecule has 22 heavy (non-hydrogen) atoms. The van der Waals surface area contributed by atoms with Crippen LogP contribution in [0.1, 0.15) is 16.7 Å². The predicted octanol–water partition coefficient (Wildman–Crippen LogP) is 2.57. The number of methoxy groups -OCH3 is 1. The third-order valence-corrected chi connectivity index (χ3v) is 4.27. The molecular formula is C16H18N2O3S. The maximum atomic E-state index is 11.8. The zero-order valence-corrected chi connectivity index (χ0v) is 13.3. The van der Waals surface area contributed by atoms with E-state index in [0.717, 1.165) is 11.3 Å². The van der Waals surface area contributed by atoms with Gasteiger partial charge in [0.1, 0.15) is 5.75 Å². The second-order valence-corrected chi connectivity index (χ2v) is 5.84. The number of ether oxygens (including phenoxy) is 1. The summed E-state index contributed by atoms with van der Waals surface area (Å²) >= 11 is 1.63. The predicted molar refractivity (Wildman–Crippen MR) is 87.2 cm³/mol. The number of thiophene rings is 1. The molecular weight excluding hydrogens is 300 g/mol. The molecule has 0 fully saturated rings. The molecule has 0 bridgehead atoms. The van der Waals surface area contributed by atoms with Crippen LogP contribution in [-0.2, 0) is 22.6 Å². The fourth-order valence-electron chi connectivity index (χ4n) is 1.82. The maximum Gasteiger partial charge on any atom is 0.313 e. The van der Waals surface area contributed by atoms with E-state index in [-0.39, 0.29) is 0 Å². The SMILES string of the molecule is CCc1ccc(CNC(=O)C(=O)Nc2ccc(OC)cc2)s1. The van der Waals surface area contributed by atoms with Gasteiger partial charge in [-0.25, -0.2) is 0 Å². The van der Waals surface area contributed by atoms with Crippen molar-refractivity contribution in [1.82, 2.24) is 5.32 Å². The Balaban J connectivity index is 1.84. The van der Waals surface area contributed by atoms with Gasteiger partial charge in [0.2, 0.25) is 0 Å². The van der Waals surface area contributed by atoms with Crippen molar-refractivity contribution in [3.05, 3.63) is 46.2 Å². The van der Waals surface area contributed by atoms with Crippen molar-refractivity contribution in [2.75, 3.05) is 12.4 Å². The Kier molecular flexibility index (Phi) is 5.55. The molecule has 2 aromatic rings. The Morgan fingerprint density at radius 1 is 1.05 bits per heavy atom. The van der Waals surface area contributed by atoms with Gasteiger partial charge in [0, 0.05) is 15.4 Å². The lowest BCUT2D eigenvalue weighted by molar-refractivity contribution is -0.136. The lowest BCUT2D eigenvalue weighted by Gasteiger charge is -2.06. The van der Waals surface area contributed by atoms with Crippen LogP contribution >= 0.6 is 11.3 Å². The average molecular weight is 318 g/mol. The largest absolute Gasteiger partial charge is 0.497 e. The van der Waals surface area contributed by atoms with Crippen LogP contribution in [0.2, 0.25) is 0 Å². The highest BCUT2D eigenvalue weighted by molar-refractivity contribution is 7.11. The molecule has 6 heteroatoms. The first-order chi connectivity index (χ1) is 10.6. The van der Waals surface area contributed by atoms with Crippen LogP contribution in [-0.4, -0.2) is 18.9 Å². The van der Waals surface area contributed by atoms with E-state index in [4.69, 9.17) is 4.74 Å². The molecule has 5 nitrogen and oxygen atoms in total. The second kappa shape index (κ2) is 7.61. The van der Waals surface area contributed by atoms with Crippen LogP contribution in [0.15, 0.2) is 36.4 Å². The number of nitrogens with one attached hydrogen (secondary N) is 2. The van der Waals surface area contributed by atoms with Gasteiger partial charge in [0.25, 0.3) is 0 Å². The van der Waals surface area contributed by atoms with E-state index >= 15 is 0 Å². The number of anilines is 1. The van der Waals surface area contributed by atoms with Crippen LogP contribution in [0, 0.1) is 0 Å². The minimum Gasteiger partial charge on any atom is -0.497 e. The molecule has 0 atom stereocenters. The molecule has 0 aliphatic carbocycles. The number of amides is 2. The van der Waals surface area contributed by atoms with E-state index in [9.17, 15) is 9.59 Å². The van der Waals surface area contributed by atoms with Gasteiger partial charge in [-0.3, -0.25) is 9.59 Å². The number of carbonyl (C=O) groups excluding carboxylic acids is 2. The Bertz CT molecular complexity index is 650. The van der Waals surface area contributed by atoms with Crippen LogP contribution in [0.4, 0.5) is 5.69 Å². The lowest BCUT2D eigenvalue weighted by Crippen LogP contribution is -2.34. The summed E-state index contributed by atoms with van der Waals surface area (Å²) in [5.74, 6) is -0.647. The molecule has 2 amide bonds. The normalized spacial score (nSPS) is 10.1. The summed E-state index contributed by atoms with van der Waals surface area (Å²) < 4.78 is 5.03. The Morgan fingerprint density at radius 3 is 2.32 bits per heavy atom. The monoisotopic (exact) mass is 318 g/mol. The van der Waals surface area contributed by atoms with Gasteiger partial charge in [-0.1, -0.05) is 6.92 Å². The molecule has 0 radical (unpaired) electrons. The minimum atomic E-state index is -0.683. The van der Waals surface area contributed by atoms with Crippen molar-refractivity contribution in [3.63, 3.8) is 0 Å². The third-order valence-electron chi connectivity index (χ3n) is 3.04. The van der Waals surface area contributed by atoms with Crippen molar-refractivity contribution < 1.29 is 14.3 Å².